The zero-order chi connectivity index (χ0) is 16.6. The van der Waals surface area contributed by atoms with E-state index in [4.69, 9.17) is 4.74 Å². The van der Waals surface area contributed by atoms with E-state index in [-0.39, 0.29) is 40.9 Å². The van der Waals surface area contributed by atoms with Crippen molar-refractivity contribution in [3.05, 3.63) is 42.0 Å². The van der Waals surface area contributed by atoms with Crippen LogP contribution in [0.2, 0.25) is 0 Å². The van der Waals surface area contributed by atoms with Crippen LogP contribution in [-0.2, 0) is 14.3 Å². The van der Waals surface area contributed by atoms with Gasteiger partial charge in [0.2, 0.25) is 11.8 Å². The van der Waals surface area contributed by atoms with E-state index in [1.165, 1.54) is 12.0 Å². The van der Waals surface area contributed by atoms with Crippen LogP contribution in [0.5, 0.6) is 0 Å². The molecule has 4 atom stereocenters. The zero-order valence-corrected chi connectivity index (χ0v) is 13.3. The van der Waals surface area contributed by atoms with Crippen molar-refractivity contribution in [3.8, 4) is 0 Å². The molecule has 2 bridgehead atoms. The maximum Gasteiger partial charge on any atom is 0.337 e. The molecule has 3 aliphatic carbocycles. The number of esters is 1. The lowest BCUT2D eigenvalue weighted by Crippen LogP contribution is -2.34. The quantitative estimate of drug-likeness (QED) is 0.475. The number of fused-ring (bicyclic) bond motifs is 3. The summed E-state index contributed by atoms with van der Waals surface area (Å²) in [5.41, 5.74) is 1.000. The summed E-state index contributed by atoms with van der Waals surface area (Å²) in [6.45, 7) is 0. The molecule has 122 valence electrons. The Morgan fingerprint density at radius 3 is 2.29 bits per heavy atom. The normalized spacial score (nSPS) is 34.1. The number of methoxy groups -OCH3 is 1. The Kier molecular flexibility index (Phi) is 2.53. The first kappa shape index (κ1) is 14.0. The fourth-order valence-electron chi connectivity index (χ4n) is 5.22. The van der Waals surface area contributed by atoms with Crippen molar-refractivity contribution in [3.63, 3.8) is 0 Å². The van der Waals surface area contributed by atoms with Crippen LogP contribution >= 0.6 is 0 Å². The van der Waals surface area contributed by atoms with Gasteiger partial charge in [-0.1, -0.05) is 18.2 Å². The maximum absolute atomic E-state index is 13.0. The summed E-state index contributed by atoms with van der Waals surface area (Å²) in [6.07, 6.45) is 6.55. The molecule has 24 heavy (non-hydrogen) atoms. The molecule has 0 aromatic heterocycles. The smallest absolute Gasteiger partial charge is 0.337 e. The predicted octanol–water partition coefficient (Wildman–Crippen LogP) is 2.17. The Morgan fingerprint density at radius 2 is 1.75 bits per heavy atom. The van der Waals surface area contributed by atoms with E-state index in [1.807, 2.05) is 0 Å². The minimum absolute atomic E-state index is 0.116. The average molecular weight is 323 g/mol. The summed E-state index contributed by atoms with van der Waals surface area (Å²) < 4.78 is 4.72. The molecule has 0 unspecified atom stereocenters. The van der Waals surface area contributed by atoms with Gasteiger partial charge < -0.3 is 4.74 Å². The van der Waals surface area contributed by atoms with Crippen molar-refractivity contribution in [1.29, 1.82) is 0 Å². The molecule has 0 radical (unpaired) electrons. The average Bonchev–Trinajstić information content (AvgIpc) is 3.19. The Labute approximate surface area is 139 Å². The maximum atomic E-state index is 13.0. The number of amides is 2. The molecule has 1 aromatic rings. The number of carbonyl (C=O) groups excluding carboxylic acids is 3. The topological polar surface area (TPSA) is 63.7 Å². The predicted molar refractivity (Wildman–Crippen MR) is 85.0 cm³/mol. The molecule has 1 spiro atoms. The largest absolute Gasteiger partial charge is 0.465 e. The van der Waals surface area contributed by atoms with Crippen LogP contribution in [0, 0.1) is 29.1 Å². The number of hydrogen-bond donors (Lipinski definition) is 0. The molecule has 2 saturated carbocycles. The molecule has 1 heterocycles. The summed E-state index contributed by atoms with van der Waals surface area (Å²) in [5, 5.41) is 0. The van der Waals surface area contributed by atoms with E-state index >= 15 is 0 Å². The minimum atomic E-state index is -0.477. The number of ether oxygens (including phenoxy) is 1. The van der Waals surface area contributed by atoms with Gasteiger partial charge in [0.25, 0.3) is 0 Å². The molecule has 1 aliphatic heterocycles. The van der Waals surface area contributed by atoms with Gasteiger partial charge in [-0.3, -0.25) is 9.59 Å². The fourth-order valence-corrected chi connectivity index (χ4v) is 5.22. The molecule has 3 fully saturated rings. The molecular formula is C19H17NO4. The number of anilines is 1. The Morgan fingerprint density at radius 1 is 1.12 bits per heavy atom. The Balaban J connectivity index is 1.53. The highest BCUT2D eigenvalue weighted by Crippen LogP contribution is 2.73. The molecule has 1 aromatic carbocycles. The van der Waals surface area contributed by atoms with Crippen LogP contribution in [0.3, 0.4) is 0 Å². The van der Waals surface area contributed by atoms with Gasteiger partial charge in [-0.2, -0.15) is 0 Å². The van der Waals surface area contributed by atoms with Gasteiger partial charge >= 0.3 is 5.97 Å². The van der Waals surface area contributed by atoms with E-state index in [9.17, 15) is 14.4 Å². The van der Waals surface area contributed by atoms with E-state index in [2.05, 4.69) is 12.2 Å². The van der Waals surface area contributed by atoms with Crippen molar-refractivity contribution < 1.29 is 19.1 Å². The van der Waals surface area contributed by atoms with E-state index in [0.717, 1.165) is 12.8 Å². The second kappa shape index (κ2) is 4.35. The first-order valence-corrected chi connectivity index (χ1v) is 8.33. The van der Waals surface area contributed by atoms with Crippen molar-refractivity contribution >= 4 is 23.5 Å². The van der Waals surface area contributed by atoms with Gasteiger partial charge in [-0.25, -0.2) is 9.69 Å². The molecule has 5 rings (SSSR count). The number of imide groups is 1. The molecule has 0 N–H and O–H groups in total. The van der Waals surface area contributed by atoms with Crippen LogP contribution in [0.1, 0.15) is 23.2 Å². The highest BCUT2D eigenvalue weighted by Gasteiger charge is 2.73. The summed E-state index contributed by atoms with van der Waals surface area (Å²) >= 11 is 0. The lowest BCUT2D eigenvalue weighted by Gasteiger charge is -2.22. The van der Waals surface area contributed by atoms with E-state index < -0.39 is 5.97 Å². The number of nitrogens with zero attached hydrogens (tertiary/aromatic N) is 1. The number of hydrogen-bond acceptors (Lipinski definition) is 4. The van der Waals surface area contributed by atoms with Gasteiger partial charge in [0.1, 0.15) is 0 Å². The number of carbonyl (C=O) groups is 3. The summed E-state index contributed by atoms with van der Waals surface area (Å²) in [7, 11) is 1.31. The van der Waals surface area contributed by atoms with Crippen molar-refractivity contribution in [1.82, 2.24) is 0 Å². The minimum Gasteiger partial charge on any atom is -0.465 e. The Hall–Kier alpha value is -2.43. The van der Waals surface area contributed by atoms with Crippen molar-refractivity contribution in [2.24, 2.45) is 29.1 Å². The molecule has 5 heteroatoms. The van der Waals surface area contributed by atoms with Crippen LogP contribution in [0.4, 0.5) is 5.69 Å². The number of rotatable bonds is 2. The van der Waals surface area contributed by atoms with Crippen LogP contribution in [0.15, 0.2) is 36.4 Å². The van der Waals surface area contributed by atoms with Gasteiger partial charge in [0.05, 0.1) is 30.2 Å². The van der Waals surface area contributed by atoms with Crippen LogP contribution < -0.4 is 4.90 Å². The SMILES string of the molecule is COC(=O)c1cccc(N2C(=O)[C@@H]3[C@H](C2=O)[C@@H]2C=C[C@@H]3C23CC3)c1. The van der Waals surface area contributed by atoms with Gasteiger partial charge in [0.15, 0.2) is 0 Å². The highest BCUT2D eigenvalue weighted by molar-refractivity contribution is 6.23. The van der Waals surface area contributed by atoms with Crippen LogP contribution in [0.25, 0.3) is 0 Å². The lowest BCUT2D eigenvalue weighted by atomic mass is 9.85. The van der Waals surface area contributed by atoms with Crippen molar-refractivity contribution in [2.45, 2.75) is 12.8 Å². The molecule has 1 saturated heterocycles. The third-order valence-corrected chi connectivity index (χ3v) is 6.38. The summed E-state index contributed by atoms with van der Waals surface area (Å²) in [6, 6.07) is 6.55. The van der Waals surface area contributed by atoms with Crippen LogP contribution in [-0.4, -0.2) is 24.9 Å². The zero-order valence-electron chi connectivity index (χ0n) is 13.3. The fraction of sp³-hybridized carbons (Fsp3) is 0.421. The first-order chi connectivity index (χ1) is 11.6. The Bertz CT molecular complexity index is 788. The van der Waals surface area contributed by atoms with E-state index in [1.54, 1.807) is 24.3 Å². The second-order valence-electron chi connectivity index (χ2n) is 7.27. The molecule has 4 aliphatic rings. The second-order valence-corrected chi connectivity index (χ2v) is 7.27. The first-order valence-electron chi connectivity index (χ1n) is 8.33. The van der Waals surface area contributed by atoms with Gasteiger partial charge in [-0.15, -0.1) is 0 Å². The monoisotopic (exact) mass is 323 g/mol. The standard InChI is InChI=1S/C19H17NO4/c1-24-18(23)10-3-2-4-11(9-10)20-16(21)14-12-5-6-13(15(14)17(20)22)19(12)7-8-19/h2-6,9,12-15H,7-8H2,1H3/t12-,13-,14-,15+/m0/s1. The lowest BCUT2D eigenvalue weighted by molar-refractivity contribution is -0.123. The molecule has 2 amide bonds. The number of allylic oxidation sites excluding steroid dienone is 2. The van der Waals surface area contributed by atoms with Gasteiger partial charge in [0, 0.05) is 0 Å². The number of benzene rings is 1. The van der Waals surface area contributed by atoms with Crippen molar-refractivity contribution in [2.75, 3.05) is 12.0 Å². The molecular weight excluding hydrogens is 306 g/mol. The van der Waals surface area contributed by atoms with Gasteiger partial charge in [-0.05, 0) is 48.3 Å². The third-order valence-electron chi connectivity index (χ3n) is 6.38. The molecule has 5 nitrogen and oxygen atoms in total. The summed E-state index contributed by atoms with van der Waals surface area (Å²) in [4.78, 5) is 39.0. The van der Waals surface area contributed by atoms with E-state index in [0.29, 0.717) is 11.3 Å². The summed E-state index contributed by atoms with van der Waals surface area (Å²) in [5.74, 6) is -0.746. The third kappa shape index (κ3) is 1.48. The highest BCUT2D eigenvalue weighted by atomic mass is 16.5.